The number of nitrogens with two attached hydrogens (primary N) is 1. The minimum atomic E-state index is 0.135. The summed E-state index contributed by atoms with van der Waals surface area (Å²) < 4.78 is 0. The second-order valence-electron chi connectivity index (χ2n) is 7.10. The third-order valence-electron chi connectivity index (χ3n) is 5.46. The van der Waals surface area contributed by atoms with Crippen LogP contribution in [0.2, 0.25) is 0 Å². The summed E-state index contributed by atoms with van der Waals surface area (Å²) in [6, 6.07) is 13.8. The number of nitrogen functional groups attached to an aromatic ring is 1. The van der Waals surface area contributed by atoms with Crippen molar-refractivity contribution in [3.63, 3.8) is 0 Å². The second kappa shape index (κ2) is 5.45. The van der Waals surface area contributed by atoms with Gasteiger partial charge in [-0.1, -0.05) is 18.2 Å². The number of nitriles is 1. The van der Waals surface area contributed by atoms with E-state index in [1.807, 2.05) is 24.3 Å². The molecule has 5 heteroatoms. The predicted octanol–water partition coefficient (Wildman–Crippen LogP) is 3.54. The normalized spacial score (nSPS) is 16.6. The van der Waals surface area contributed by atoms with E-state index in [9.17, 15) is 10.4 Å². The lowest BCUT2D eigenvalue weighted by Crippen LogP contribution is -2.18. The van der Waals surface area contributed by atoms with Gasteiger partial charge < -0.3 is 10.8 Å². The summed E-state index contributed by atoms with van der Waals surface area (Å²) in [7, 11) is 0. The average molecular weight is 342 g/mol. The summed E-state index contributed by atoms with van der Waals surface area (Å²) in [5, 5.41) is 20.5. The Morgan fingerprint density at radius 2 is 1.92 bits per heavy atom. The molecule has 1 aliphatic heterocycles. The largest absolute Gasteiger partial charge is 0.507 e. The zero-order valence-corrected chi connectivity index (χ0v) is 14.2. The Balaban J connectivity index is 1.77. The molecular formula is C21H18N4O. The molecule has 2 aromatic carbocycles. The van der Waals surface area contributed by atoms with Crippen LogP contribution in [-0.4, -0.2) is 21.0 Å². The van der Waals surface area contributed by atoms with Gasteiger partial charge in [-0.2, -0.15) is 5.26 Å². The summed E-state index contributed by atoms with van der Waals surface area (Å²) in [5.74, 6) is 0.135. The monoisotopic (exact) mass is 342 g/mol. The predicted molar refractivity (Wildman–Crippen MR) is 100 cm³/mol. The number of phenols is 1. The highest BCUT2D eigenvalue weighted by atomic mass is 16.3. The highest BCUT2D eigenvalue weighted by Gasteiger charge is 2.35. The highest BCUT2D eigenvalue weighted by Crippen LogP contribution is 2.43. The minimum absolute atomic E-state index is 0.135. The van der Waals surface area contributed by atoms with Crippen molar-refractivity contribution in [1.82, 2.24) is 9.88 Å². The van der Waals surface area contributed by atoms with Gasteiger partial charge in [0.2, 0.25) is 0 Å². The van der Waals surface area contributed by atoms with E-state index in [0.717, 1.165) is 35.5 Å². The van der Waals surface area contributed by atoms with Crippen LogP contribution in [0.4, 0.5) is 5.69 Å². The third kappa shape index (κ3) is 2.16. The van der Waals surface area contributed by atoms with Crippen LogP contribution in [-0.2, 0) is 13.1 Å². The quantitative estimate of drug-likeness (QED) is 0.744. The molecule has 0 amide bonds. The van der Waals surface area contributed by atoms with Crippen molar-refractivity contribution in [2.24, 2.45) is 0 Å². The van der Waals surface area contributed by atoms with Gasteiger partial charge in [0, 0.05) is 35.8 Å². The molecule has 0 atom stereocenters. The molecule has 1 fully saturated rings. The van der Waals surface area contributed by atoms with Gasteiger partial charge in [0.05, 0.1) is 33.9 Å². The molecule has 1 saturated carbocycles. The van der Waals surface area contributed by atoms with Gasteiger partial charge in [0.25, 0.3) is 0 Å². The van der Waals surface area contributed by atoms with Crippen molar-refractivity contribution in [1.29, 1.82) is 5.26 Å². The summed E-state index contributed by atoms with van der Waals surface area (Å²) >= 11 is 0. The van der Waals surface area contributed by atoms with Crippen LogP contribution in [0.15, 0.2) is 36.4 Å². The van der Waals surface area contributed by atoms with Crippen LogP contribution in [0.1, 0.15) is 29.7 Å². The molecule has 1 aromatic heterocycles. The van der Waals surface area contributed by atoms with Crippen LogP contribution in [0.3, 0.4) is 0 Å². The Morgan fingerprint density at radius 3 is 2.69 bits per heavy atom. The van der Waals surface area contributed by atoms with Gasteiger partial charge in [-0.15, -0.1) is 0 Å². The van der Waals surface area contributed by atoms with Crippen molar-refractivity contribution in [3.8, 4) is 22.9 Å². The number of nitrogens with zero attached hydrogens (tertiary/aromatic N) is 3. The fourth-order valence-electron chi connectivity index (χ4n) is 3.96. The fourth-order valence-corrected chi connectivity index (χ4v) is 3.96. The highest BCUT2D eigenvalue weighted by molar-refractivity contribution is 6.05. The third-order valence-corrected chi connectivity index (χ3v) is 5.46. The lowest BCUT2D eigenvalue weighted by atomic mass is 9.95. The standard InChI is InChI=1S/C21H18N4O/c22-9-12-3-1-2-4-14(12)15-7-8-18(26)19-20(23)16-10-25(13-5-6-13)11-17(16)24-21(15)19/h1-4,7-8,13,26H,5-6,10-11H2,(H2,23,24). The maximum atomic E-state index is 10.5. The molecule has 0 saturated heterocycles. The first-order valence-electron chi connectivity index (χ1n) is 8.84. The van der Waals surface area contributed by atoms with Crippen molar-refractivity contribution >= 4 is 16.6 Å². The van der Waals surface area contributed by atoms with E-state index in [1.165, 1.54) is 12.8 Å². The fraction of sp³-hybridized carbons (Fsp3) is 0.238. The van der Waals surface area contributed by atoms with E-state index in [2.05, 4.69) is 11.0 Å². The summed E-state index contributed by atoms with van der Waals surface area (Å²) in [4.78, 5) is 7.31. The maximum Gasteiger partial charge on any atom is 0.127 e. The first-order valence-corrected chi connectivity index (χ1v) is 8.84. The molecule has 3 aromatic rings. The number of fused-ring (bicyclic) bond motifs is 2. The molecule has 26 heavy (non-hydrogen) atoms. The maximum absolute atomic E-state index is 10.5. The van der Waals surface area contributed by atoms with E-state index in [1.54, 1.807) is 12.1 Å². The topological polar surface area (TPSA) is 86.2 Å². The van der Waals surface area contributed by atoms with Crippen LogP contribution in [0.5, 0.6) is 5.75 Å². The van der Waals surface area contributed by atoms with E-state index in [4.69, 9.17) is 10.7 Å². The van der Waals surface area contributed by atoms with Crippen LogP contribution >= 0.6 is 0 Å². The minimum Gasteiger partial charge on any atom is -0.507 e. The number of benzene rings is 2. The Kier molecular flexibility index (Phi) is 3.18. The summed E-state index contributed by atoms with van der Waals surface area (Å²) in [6.45, 7) is 1.60. The number of hydrogen-bond donors (Lipinski definition) is 2. The zero-order chi connectivity index (χ0) is 17.8. The molecule has 0 spiro atoms. The number of aromatic nitrogens is 1. The Morgan fingerprint density at radius 1 is 1.12 bits per heavy atom. The van der Waals surface area contributed by atoms with Gasteiger partial charge >= 0.3 is 0 Å². The molecule has 3 N–H and O–H groups in total. The molecule has 5 rings (SSSR count). The molecule has 1 aliphatic carbocycles. The molecule has 0 unspecified atom stereocenters. The Bertz CT molecular complexity index is 1100. The van der Waals surface area contributed by atoms with Gasteiger partial charge in [-0.25, -0.2) is 0 Å². The number of phenolic OH excluding ortho intramolecular Hbond substituents is 1. The van der Waals surface area contributed by atoms with Gasteiger partial charge in [-0.3, -0.25) is 9.88 Å². The SMILES string of the molecule is N#Cc1ccccc1-c1ccc(O)c2c(N)c3c(nc12)CN(C1CC1)C3. The number of pyridine rings is 1. The average Bonchev–Trinajstić information content (AvgIpc) is 3.41. The number of rotatable bonds is 2. The molecule has 0 bridgehead atoms. The lowest BCUT2D eigenvalue weighted by molar-refractivity contribution is 0.272. The Hall–Kier alpha value is -3.10. The number of aromatic hydroxyl groups is 1. The van der Waals surface area contributed by atoms with E-state index in [0.29, 0.717) is 28.2 Å². The molecular weight excluding hydrogens is 324 g/mol. The summed E-state index contributed by atoms with van der Waals surface area (Å²) in [6.07, 6.45) is 2.47. The molecule has 2 heterocycles. The first-order chi connectivity index (χ1) is 12.7. The van der Waals surface area contributed by atoms with Gasteiger partial charge in [0.15, 0.2) is 0 Å². The van der Waals surface area contributed by atoms with Gasteiger partial charge in [-0.05, 0) is 31.0 Å². The molecule has 2 aliphatic rings. The van der Waals surface area contributed by atoms with E-state index >= 15 is 0 Å². The first kappa shape index (κ1) is 15.2. The molecule has 0 radical (unpaired) electrons. The zero-order valence-electron chi connectivity index (χ0n) is 14.2. The summed E-state index contributed by atoms with van der Waals surface area (Å²) in [5.41, 5.74) is 12.0. The molecule has 5 nitrogen and oxygen atoms in total. The second-order valence-corrected chi connectivity index (χ2v) is 7.10. The molecule has 128 valence electrons. The van der Waals surface area contributed by atoms with Crippen molar-refractivity contribution < 1.29 is 5.11 Å². The number of hydrogen-bond acceptors (Lipinski definition) is 5. The lowest BCUT2D eigenvalue weighted by Gasteiger charge is -2.13. The van der Waals surface area contributed by atoms with Crippen molar-refractivity contribution in [3.05, 3.63) is 53.2 Å². The van der Waals surface area contributed by atoms with Crippen molar-refractivity contribution in [2.75, 3.05) is 5.73 Å². The smallest absolute Gasteiger partial charge is 0.127 e. The van der Waals surface area contributed by atoms with Gasteiger partial charge in [0.1, 0.15) is 5.75 Å². The van der Waals surface area contributed by atoms with E-state index in [-0.39, 0.29) is 5.75 Å². The Labute approximate surface area is 151 Å². The van der Waals surface area contributed by atoms with Crippen LogP contribution < -0.4 is 5.73 Å². The van der Waals surface area contributed by atoms with Crippen LogP contribution in [0.25, 0.3) is 22.0 Å². The van der Waals surface area contributed by atoms with Crippen molar-refractivity contribution in [2.45, 2.75) is 32.0 Å². The van der Waals surface area contributed by atoms with Crippen LogP contribution in [0, 0.1) is 11.3 Å². The van der Waals surface area contributed by atoms with E-state index < -0.39 is 0 Å². The number of anilines is 1.